The second-order valence-corrected chi connectivity index (χ2v) is 7.03. The number of hydrogen-bond acceptors (Lipinski definition) is 4. The van der Waals surface area contributed by atoms with Crippen LogP contribution in [0.15, 0.2) is 36.5 Å². The molecule has 2 atom stereocenters. The Bertz CT molecular complexity index is 566. The lowest BCUT2D eigenvalue weighted by molar-refractivity contribution is 0.120. The van der Waals surface area contributed by atoms with Gasteiger partial charge in [-0.25, -0.2) is 4.98 Å². The highest BCUT2D eigenvalue weighted by Gasteiger charge is 2.27. The molecule has 112 valence electrons. The average molecular weight is 301 g/mol. The fraction of sp³-hybridized carbons (Fsp3) is 0.471. The first-order valence-corrected chi connectivity index (χ1v) is 8.51. The van der Waals surface area contributed by atoms with Crippen molar-refractivity contribution in [2.75, 3.05) is 13.1 Å². The quantitative estimate of drug-likeness (QED) is 0.938. The molecule has 0 aliphatic carbocycles. The summed E-state index contributed by atoms with van der Waals surface area (Å²) < 4.78 is 0. The Morgan fingerprint density at radius 3 is 2.81 bits per heavy atom. The first-order valence-electron chi connectivity index (χ1n) is 7.70. The molecule has 2 heterocycles. The summed E-state index contributed by atoms with van der Waals surface area (Å²) in [6, 6.07) is 11.8. The van der Waals surface area contributed by atoms with Crippen LogP contribution in [0.1, 0.15) is 34.8 Å². The maximum absolute atomic E-state index is 4.39. The molecule has 1 aliphatic rings. The number of hydrogen-bond donors (Lipinski definition) is 1. The van der Waals surface area contributed by atoms with E-state index in [1.807, 2.05) is 17.5 Å². The molecule has 21 heavy (non-hydrogen) atoms. The van der Waals surface area contributed by atoms with Crippen LogP contribution in [-0.2, 0) is 6.54 Å². The molecule has 2 unspecified atom stereocenters. The Labute approximate surface area is 131 Å². The van der Waals surface area contributed by atoms with E-state index in [-0.39, 0.29) is 0 Å². The maximum atomic E-state index is 4.39. The van der Waals surface area contributed by atoms with Gasteiger partial charge < -0.3 is 5.32 Å². The fourth-order valence-electron chi connectivity index (χ4n) is 3.04. The second kappa shape index (κ2) is 6.69. The van der Waals surface area contributed by atoms with Crippen LogP contribution in [0.2, 0.25) is 0 Å². The maximum Gasteiger partial charge on any atom is 0.0897 e. The van der Waals surface area contributed by atoms with Gasteiger partial charge in [-0.2, -0.15) is 0 Å². The van der Waals surface area contributed by atoms with Gasteiger partial charge in [0.15, 0.2) is 0 Å². The van der Waals surface area contributed by atoms with Crippen LogP contribution in [0.25, 0.3) is 0 Å². The topological polar surface area (TPSA) is 28.2 Å². The second-order valence-electron chi connectivity index (χ2n) is 5.71. The summed E-state index contributed by atoms with van der Waals surface area (Å²) in [4.78, 5) is 8.37. The number of nitrogens with one attached hydrogen (secondary N) is 1. The van der Waals surface area contributed by atoms with E-state index in [1.165, 1.54) is 16.9 Å². The number of benzene rings is 1. The lowest BCUT2D eigenvalue weighted by Crippen LogP contribution is -2.51. The van der Waals surface area contributed by atoms with Crippen LogP contribution in [0.4, 0.5) is 0 Å². The van der Waals surface area contributed by atoms with E-state index in [0.717, 1.165) is 24.6 Å². The number of aryl methyl sites for hydroxylation is 1. The third-order valence-corrected chi connectivity index (χ3v) is 5.13. The standard InChI is InChI=1S/C17H23N3S/c1-3-15-9-19-17(14-7-5-4-6-8-14)12-20(15)11-16-10-18-13(2)21-16/h4-8,10,15,17,19H,3,9,11-12H2,1-2H3. The molecule has 3 nitrogen and oxygen atoms in total. The predicted octanol–water partition coefficient (Wildman–Crippen LogP) is 3.38. The van der Waals surface area contributed by atoms with E-state index in [4.69, 9.17) is 0 Å². The molecule has 1 aromatic carbocycles. The number of rotatable bonds is 4. The summed E-state index contributed by atoms with van der Waals surface area (Å²) in [5, 5.41) is 4.86. The van der Waals surface area contributed by atoms with Gasteiger partial charge in [-0.05, 0) is 18.9 Å². The van der Waals surface area contributed by atoms with E-state index in [9.17, 15) is 0 Å². The summed E-state index contributed by atoms with van der Waals surface area (Å²) >= 11 is 1.82. The van der Waals surface area contributed by atoms with Gasteiger partial charge >= 0.3 is 0 Å². The molecule has 0 radical (unpaired) electrons. The minimum Gasteiger partial charge on any atom is -0.307 e. The molecule has 0 saturated carbocycles. The number of aromatic nitrogens is 1. The molecule has 4 heteroatoms. The Morgan fingerprint density at radius 2 is 2.14 bits per heavy atom. The molecule has 0 spiro atoms. The lowest BCUT2D eigenvalue weighted by atomic mass is 10.0. The average Bonchev–Trinajstić information content (AvgIpc) is 2.93. The van der Waals surface area contributed by atoms with E-state index in [0.29, 0.717) is 12.1 Å². The highest BCUT2D eigenvalue weighted by Crippen LogP contribution is 2.24. The largest absolute Gasteiger partial charge is 0.307 e. The van der Waals surface area contributed by atoms with Crippen LogP contribution in [0.5, 0.6) is 0 Å². The molecular weight excluding hydrogens is 278 g/mol. The van der Waals surface area contributed by atoms with Gasteiger partial charge in [0.25, 0.3) is 0 Å². The van der Waals surface area contributed by atoms with Gasteiger partial charge in [-0.15, -0.1) is 11.3 Å². The molecule has 1 aromatic heterocycles. The molecule has 1 saturated heterocycles. The zero-order valence-corrected chi connectivity index (χ0v) is 13.6. The smallest absolute Gasteiger partial charge is 0.0897 e. The van der Waals surface area contributed by atoms with Crippen molar-refractivity contribution in [2.24, 2.45) is 0 Å². The van der Waals surface area contributed by atoms with Gasteiger partial charge in [-0.3, -0.25) is 4.90 Å². The normalized spacial score (nSPS) is 23.3. The Kier molecular flexibility index (Phi) is 4.68. The lowest BCUT2D eigenvalue weighted by Gasteiger charge is -2.40. The molecule has 1 aliphatic heterocycles. The molecule has 1 fully saturated rings. The minimum atomic E-state index is 0.433. The van der Waals surface area contributed by atoms with Crippen LogP contribution in [0.3, 0.4) is 0 Å². The molecular formula is C17H23N3S. The summed E-state index contributed by atoms with van der Waals surface area (Å²) in [7, 11) is 0. The third-order valence-electron chi connectivity index (χ3n) is 4.23. The molecule has 0 amide bonds. The van der Waals surface area contributed by atoms with Crippen molar-refractivity contribution in [3.63, 3.8) is 0 Å². The first kappa shape index (κ1) is 14.7. The summed E-state index contributed by atoms with van der Waals surface area (Å²) in [6.45, 7) is 7.51. The van der Waals surface area contributed by atoms with Crippen molar-refractivity contribution in [3.05, 3.63) is 52.0 Å². The number of piperazine rings is 1. The van der Waals surface area contributed by atoms with Crippen molar-refractivity contribution in [2.45, 2.75) is 38.9 Å². The van der Waals surface area contributed by atoms with Crippen LogP contribution in [0, 0.1) is 6.92 Å². The summed E-state index contributed by atoms with van der Waals surface area (Å²) in [5.74, 6) is 0. The van der Waals surface area contributed by atoms with Crippen LogP contribution in [-0.4, -0.2) is 29.0 Å². The number of nitrogens with zero attached hydrogens (tertiary/aromatic N) is 2. The SMILES string of the molecule is CCC1CNC(c2ccccc2)CN1Cc1cnc(C)s1. The van der Waals surface area contributed by atoms with Gasteiger partial charge in [-0.1, -0.05) is 37.3 Å². The predicted molar refractivity (Wildman–Crippen MR) is 88.5 cm³/mol. The van der Waals surface area contributed by atoms with Crippen LogP contribution >= 0.6 is 11.3 Å². The Hall–Kier alpha value is -1.23. The zero-order valence-electron chi connectivity index (χ0n) is 12.7. The molecule has 0 bridgehead atoms. The highest BCUT2D eigenvalue weighted by molar-refractivity contribution is 7.11. The zero-order chi connectivity index (χ0) is 14.7. The van der Waals surface area contributed by atoms with Gasteiger partial charge in [0.2, 0.25) is 0 Å². The number of thiazole rings is 1. The third kappa shape index (κ3) is 3.51. The summed E-state index contributed by atoms with van der Waals surface area (Å²) in [5.41, 5.74) is 1.39. The fourth-order valence-corrected chi connectivity index (χ4v) is 3.86. The minimum absolute atomic E-state index is 0.433. The monoisotopic (exact) mass is 301 g/mol. The van der Waals surface area contributed by atoms with Crippen molar-refractivity contribution in [1.82, 2.24) is 15.2 Å². The van der Waals surface area contributed by atoms with Crippen molar-refractivity contribution in [3.8, 4) is 0 Å². The van der Waals surface area contributed by atoms with Crippen molar-refractivity contribution < 1.29 is 0 Å². The van der Waals surface area contributed by atoms with E-state index < -0.39 is 0 Å². The summed E-state index contributed by atoms with van der Waals surface area (Å²) in [6.07, 6.45) is 3.22. The Morgan fingerprint density at radius 1 is 1.33 bits per heavy atom. The van der Waals surface area contributed by atoms with Gasteiger partial charge in [0, 0.05) is 42.8 Å². The van der Waals surface area contributed by atoms with E-state index >= 15 is 0 Å². The molecule has 3 rings (SSSR count). The molecule has 2 aromatic rings. The molecule has 1 N–H and O–H groups in total. The van der Waals surface area contributed by atoms with E-state index in [2.05, 4.69) is 59.4 Å². The highest BCUT2D eigenvalue weighted by atomic mass is 32.1. The van der Waals surface area contributed by atoms with Gasteiger partial charge in [0.1, 0.15) is 0 Å². The Balaban J connectivity index is 1.72. The first-order chi connectivity index (χ1) is 10.3. The van der Waals surface area contributed by atoms with Crippen LogP contribution < -0.4 is 5.32 Å². The van der Waals surface area contributed by atoms with Crippen molar-refractivity contribution >= 4 is 11.3 Å². The van der Waals surface area contributed by atoms with Gasteiger partial charge in [0.05, 0.1) is 5.01 Å². The van der Waals surface area contributed by atoms with E-state index in [1.54, 1.807) is 0 Å². The van der Waals surface area contributed by atoms with Crippen molar-refractivity contribution in [1.29, 1.82) is 0 Å².